The van der Waals surface area contributed by atoms with Crippen LogP contribution in [0.1, 0.15) is 5.56 Å². The van der Waals surface area contributed by atoms with Crippen molar-refractivity contribution in [3.05, 3.63) is 46.5 Å². The highest BCUT2D eigenvalue weighted by atomic mass is 32.2. The minimum Gasteiger partial charge on any atom is -0.384 e. The van der Waals surface area contributed by atoms with E-state index in [2.05, 4.69) is 11.9 Å². The van der Waals surface area contributed by atoms with Crippen molar-refractivity contribution in [2.24, 2.45) is 0 Å². The Bertz CT molecular complexity index is 483. The molecule has 0 amide bonds. The fourth-order valence-electron chi connectivity index (χ4n) is 1.33. The van der Waals surface area contributed by atoms with E-state index in [1.165, 1.54) is 12.1 Å². The van der Waals surface area contributed by atoms with E-state index in [9.17, 15) is 10.1 Å². The summed E-state index contributed by atoms with van der Waals surface area (Å²) in [5, 5.41) is 22.6. The molecule has 0 fully saturated rings. The molecule has 0 saturated heterocycles. The van der Waals surface area contributed by atoms with Crippen molar-refractivity contribution in [3.8, 4) is 6.07 Å². The summed E-state index contributed by atoms with van der Waals surface area (Å²) >= 11 is 1.74. The van der Waals surface area contributed by atoms with E-state index < -0.39 is 4.92 Å². The maximum absolute atomic E-state index is 10.6. The molecule has 0 spiro atoms. The van der Waals surface area contributed by atoms with Crippen LogP contribution in [0, 0.1) is 21.4 Å². The van der Waals surface area contributed by atoms with Gasteiger partial charge < -0.3 is 5.32 Å². The monoisotopic (exact) mass is 263 g/mol. The van der Waals surface area contributed by atoms with Crippen molar-refractivity contribution in [3.63, 3.8) is 0 Å². The fraction of sp³-hybridized carbons (Fsp3) is 0.250. The minimum absolute atomic E-state index is 0.0729. The normalized spacial score (nSPS) is 9.50. The zero-order valence-electron chi connectivity index (χ0n) is 9.76. The zero-order chi connectivity index (χ0) is 13.4. The third-order valence-electron chi connectivity index (χ3n) is 2.12. The number of nitro benzene ring substituents is 1. The molecular weight excluding hydrogens is 250 g/mol. The molecule has 0 saturated carbocycles. The number of benzene rings is 1. The number of rotatable bonds is 7. The Morgan fingerprint density at radius 2 is 2.39 bits per heavy atom. The molecule has 1 rings (SSSR count). The average Bonchev–Trinajstić information content (AvgIpc) is 2.38. The largest absolute Gasteiger partial charge is 0.384 e. The maximum atomic E-state index is 10.6. The van der Waals surface area contributed by atoms with Crippen LogP contribution in [0.25, 0.3) is 0 Å². The first-order valence-electron chi connectivity index (χ1n) is 5.30. The average molecular weight is 263 g/mol. The molecule has 0 radical (unpaired) electrons. The quantitative estimate of drug-likeness (QED) is 0.354. The topological polar surface area (TPSA) is 79.0 Å². The van der Waals surface area contributed by atoms with Gasteiger partial charge in [0.1, 0.15) is 11.6 Å². The van der Waals surface area contributed by atoms with E-state index in [4.69, 9.17) is 5.26 Å². The summed E-state index contributed by atoms with van der Waals surface area (Å²) in [7, 11) is 0. The molecule has 1 aromatic rings. The van der Waals surface area contributed by atoms with Crippen LogP contribution in [0.3, 0.4) is 0 Å². The van der Waals surface area contributed by atoms with Gasteiger partial charge >= 0.3 is 0 Å². The number of nitrogens with zero attached hydrogens (tertiary/aromatic N) is 2. The Kier molecular flexibility index (Phi) is 5.74. The SMILES string of the molecule is C=CCSCCNc1ccc([N+](=O)[O-])c(C#N)c1. The van der Waals surface area contributed by atoms with E-state index >= 15 is 0 Å². The maximum Gasteiger partial charge on any atom is 0.287 e. The number of nitro groups is 1. The molecule has 5 nitrogen and oxygen atoms in total. The van der Waals surface area contributed by atoms with E-state index in [1.54, 1.807) is 17.8 Å². The van der Waals surface area contributed by atoms with Crippen LogP contribution >= 0.6 is 11.8 Å². The van der Waals surface area contributed by atoms with Crippen molar-refractivity contribution < 1.29 is 4.92 Å². The highest BCUT2D eigenvalue weighted by molar-refractivity contribution is 7.99. The van der Waals surface area contributed by atoms with Crippen LogP contribution in [0.4, 0.5) is 11.4 Å². The van der Waals surface area contributed by atoms with Gasteiger partial charge in [0.15, 0.2) is 0 Å². The lowest BCUT2D eigenvalue weighted by Gasteiger charge is -2.06. The predicted molar refractivity (Wildman–Crippen MR) is 73.8 cm³/mol. The number of nitrogens with one attached hydrogen (secondary N) is 1. The van der Waals surface area contributed by atoms with Gasteiger partial charge in [-0.25, -0.2) is 0 Å². The van der Waals surface area contributed by atoms with Crippen molar-refractivity contribution in [1.29, 1.82) is 5.26 Å². The fourth-order valence-corrected chi connectivity index (χ4v) is 1.91. The van der Waals surface area contributed by atoms with Gasteiger partial charge in [0.05, 0.1) is 4.92 Å². The highest BCUT2D eigenvalue weighted by Gasteiger charge is 2.13. The van der Waals surface area contributed by atoms with E-state index in [-0.39, 0.29) is 11.3 Å². The van der Waals surface area contributed by atoms with Crippen LogP contribution < -0.4 is 5.32 Å². The molecular formula is C12H13N3O2S. The van der Waals surface area contributed by atoms with Gasteiger partial charge in [0.2, 0.25) is 0 Å². The Hall–Kier alpha value is -2.00. The van der Waals surface area contributed by atoms with Gasteiger partial charge in [-0.05, 0) is 12.1 Å². The molecule has 0 aliphatic heterocycles. The smallest absolute Gasteiger partial charge is 0.287 e. The number of thioether (sulfide) groups is 1. The zero-order valence-corrected chi connectivity index (χ0v) is 10.6. The second-order valence-corrected chi connectivity index (χ2v) is 4.54. The van der Waals surface area contributed by atoms with Crippen LogP contribution in [-0.4, -0.2) is 23.0 Å². The first-order chi connectivity index (χ1) is 8.69. The van der Waals surface area contributed by atoms with Crippen molar-refractivity contribution in [2.75, 3.05) is 23.4 Å². The molecule has 94 valence electrons. The highest BCUT2D eigenvalue weighted by Crippen LogP contribution is 2.21. The number of nitriles is 1. The van der Waals surface area contributed by atoms with E-state index in [0.29, 0.717) is 0 Å². The van der Waals surface area contributed by atoms with Crippen molar-refractivity contribution in [2.45, 2.75) is 0 Å². The third-order valence-corrected chi connectivity index (χ3v) is 3.09. The van der Waals surface area contributed by atoms with Crippen LogP contribution in [0.2, 0.25) is 0 Å². The molecule has 1 N–H and O–H groups in total. The summed E-state index contributed by atoms with van der Waals surface area (Å²) in [6.07, 6.45) is 1.84. The van der Waals surface area contributed by atoms with Crippen LogP contribution in [-0.2, 0) is 0 Å². The summed E-state index contributed by atoms with van der Waals surface area (Å²) < 4.78 is 0. The number of anilines is 1. The summed E-state index contributed by atoms with van der Waals surface area (Å²) in [4.78, 5) is 10.1. The number of hydrogen-bond donors (Lipinski definition) is 1. The van der Waals surface area contributed by atoms with Gasteiger partial charge in [-0.2, -0.15) is 17.0 Å². The van der Waals surface area contributed by atoms with Crippen molar-refractivity contribution >= 4 is 23.1 Å². The Labute approximate surface area is 110 Å². The first kappa shape index (κ1) is 14.1. The second-order valence-electron chi connectivity index (χ2n) is 3.39. The molecule has 6 heteroatoms. The molecule has 0 aliphatic rings. The molecule has 18 heavy (non-hydrogen) atoms. The third kappa shape index (κ3) is 4.11. The lowest BCUT2D eigenvalue weighted by atomic mass is 10.2. The lowest BCUT2D eigenvalue weighted by molar-refractivity contribution is -0.385. The summed E-state index contributed by atoms with van der Waals surface area (Å²) in [5.41, 5.74) is 0.629. The summed E-state index contributed by atoms with van der Waals surface area (Å²) in [6, 6.07) is 6.28. The predicted octanol–water partition coefficient (Wildman–Crippen LogP) is 2.80. The molecule has 0 aliphatic carbocycles. The molecule has 1 aromatic carbocycles. The van der Waals surface area contributed by atoms with Crippen LogP contribution in [0.15, 0.2) is 30.9 Å². The summed E-state index contributed by atoms with van der Waals surface area (Å²) in [6.45, 7) is 4.36. The number of hydrogen-bond acceptors (Lipinski definition) is 5. The van der Waals surface area contributed by atoms with Gasteiger partial charge in [0.25, 0.3) is 5.69 Å². The van der Waals surface area contributed by atoms with Gasteiger partial charge in [-0.15, -0.1) is 6.58 Å². The Balaban J connectivity index is 2.60. The molecule has 0 bridgehead atoms. The summed E-state index contributed by atoms with van der Waals surface area (Å²) in [5.74, 6) is 1.80. The minimum atomic E-state index is -0.553. The standard InChI is InChI=1S/C12H13N3O2S/c1-2-6-18-7-5-14-11-3-4-12(15(16)17)10(8-11)9-13/h2-4,8,14H,1,5-7H2. The van der Waals surface area contributed by atoms with E-state index in [0.717, 1.165) is 23.7 Å². The lowest BCUT2D eigenvalue weighted by Crippen LogP contribution is -2.05. The Morgan fingerprint density at radius 3 is 3.00 bits per heavy atom. The van der Waals surface area contributed by atoms with Crippen molar-refractivity contribution in [1.82, 2.24) is 0 Å². The van der Waals surface area contributed by atoms with Gasteiger partial charge in [-0.3, -0.25) is 10.1 Å². The van der Waals surface area contributed by atoms with Crippen LogP contribution in [0.5, 0.6) is 0 Å². The molecule has 0 unspecified atom stereocenters. The van der Waals surface area contributed by atoms with Gasteiger partial charge in [-0.1, -0.05) is 6.08 Å². The second kappa shape index (κ2) is 7.35. The Morgan fingerprint density at radius 1 is 1.61 bits per heavy atom. The van der Waals surface area contributed by atoms with E-state index in [1.807, 2.05) is 12.1 Å². The molecule has 0 heterocycles. The first-order valence-corrected chi connectivity index (χ1v) is 6.45. The van der Waals surface area contributed by atoms with Gasteiger partial charge in [0, 0.05) is 29.8 Å². The molecule has 0 aromatic heterocycles. The molecule has 0 atom stereocenters.